The van der Waals surface area contributed by atoms with Crippen LogP contribution in [0, 0.1) is 6.92 Å². The van der Waals surface area contributed by atoms with Crippen LogP contribution < -0.4 is 0 Å². The van der Waals surface area contributed by atoms with E-state index in [1.165, 1.54) is 0 Å². The largest absolute Gasteiger partial charge is 0.380 e. The van der Waals surface area contributed by atoms with Crippen LogP contribution in [-0.2, 0) is 11.3 Å². The summed E-state index contributed by atoms with van der Waals surface area (Å²) in [6.45, 7) is 11.4. The number of benzene rings is 3. The Morgan fingerprint density at radius 1 is 0.892 bits per heavy atom. The fourth-order valence-corrected chi connectivity index (χ4v) is 5.34. The second-order valence-electron chi connectivity index (χ2n) is 10.2. The maximum Gasteiger partial charge on any atom is 0.193 e. The van der Waals surface area contributed by atoms with Crippen LogP contribution in [0.5, 0.6) is 0 Å². The zero-order chi connectivity index (χ0) is 26.2. The van der Waals surface area contributed by atoms with Crippen molar-refractivity contribution in [3.63, 3.8) is 0 Å². The summed E-state index contributed by atoms with van der Waals surface area (Å²) in [6.07, 6.45) is 4.22. The molecule has 37 heavy (non-hydrogen) atoms. The zero-order valence-electron chi connectivity index (χ0n) is 22.1. The summed E-state index contributed by atoms with van der Waals surface area (Å²) < 4.78 is 7.89. The zero-order valence-corrected chi connectivity index (χ0v) is 22.1. The SMILES string of the molecule is CCOCCn1c2ccc(C(=O)c3ccccc3C)cc2c2cc(C(=O)C(C)(C)N3CC=CC3)ccc21. The van der Waals surface area contributed by atoms with Crippen molar-refractivity contribution in [3.05, 3.63) is 95.1 Å². The number of ketones is 2. The van der Waals surface area contributed by atoms with Gasteiger partial charge in [-0.15, -0.1) is 0 Å². The Morgan fingerprint density at radius 3 is 2.16 bits per heavy atom. The van der Waals surface area contributed by atoms with Crippen LogP contribution in [0.3, 0.4) is 0 Å². The van der Waals surface area contributed by atoms with E-state index in [0.29, 0.717) is 36.4 Å². The molecule has 0 amide bonds. The first-order valence-electron chi connectivity index (χ1n) is 13.0. The van der Waals surface area contributed by atoms with Crippen molar-refractivity contribution in [2.75, 3.05) is 26.3 Å². The maximum absolute atomic E-state index is 13.7. The molecule has 1 aromatic heterocycles. The third-order valence-electron chi connectivity index (χ3n) is 7.61. The summed E-state index contributed by atoms with van der Waals surface area (Å²) in [5.41, 5.74) is 4.44. The van der Waals surface area contributed by atoms with Gasteiger partial charge in [0.1, 0.15) is 0 Å². The van der Waals surface area contributed by atoms with Crippen LogP contribution in [0.1, 0.15) is 52.6 Å². The third-order valence-corrected chi connectivity index (χ3v) is 7.61. The molecule has 3 aromatic carbocycles. The van der Waals surface area contributed by atoms with Gasteiger partial charge in [-0.25, -0.2) is 0 Å². The van der Waals surface area contributed by atoms with Crippen molar-refractivity contribution in [3.8, 4) is 0 Å². The molecule has 0 saturated heterocycles. The molecule has 0 unspecified atom stereocenters. The number of ether oxygens (including phenoxy) is 1. The van der Waals surface area contributed by atoms with E-state index in [2.05, 4.69) is 21.6 Å². The van der Waals surface area contributed by atoms with E-state index in [0.717, 1.165) is 40.5 Å². The van der Waals surface area contributed by atoms with Gasteiger partial charge in [0.15, 0.2) is 11.6 Å². The van der Waals surface area contributed by atoms with E-state index < -0.39 is 5.54 Å². The first-order valence-corrected chi connectivity index (χ1v) is 13.0. The molecule has 4 aromatic rings. The summed E-state index contributed by atoms with van der Waals surface area (Å²) >= 11 is 0. The van der Waals surface area contributed by atoms with Crippen molar-refractivity contribution >= 4 is 33.4 Å². The minimum absolute atomic E-state index is 0.00474. The normalized spacial score (nSPS) is 14.2. The van der Waals surface area contributed by atoms with Gasteiger partial charge in [-0.1, -0.05) is 36.4 Å². The second-order valence-corrected chi connectivity index (χ2v) is 10.2. The highest BCUT2D eigenvalue weighted by Gasteiger charge is 2.35. The predicted molar refractivity (Wildman–Crippen MR) is 150 cm³/mol. The second kappa shape index (κ2) is 10.1. The van der Waals surface area contributed by atoms with Crippen LogP contribution in [0.2, 0.25) is 0 Å². The minimum Gasteiger partial charge on any atom is -0.380 e. The average Bonchev–Trinajstić information content (AvgIpc) is 3.56. The molecule has 0 radical (unpaired) electrons. The van der Waals surface area contributed by atoms with Gasteiger partial charge in [0, 0.05) is 64.7 Å². The minimum atomic E-state index is -0.615. The van der Waals surface area contributed by atoms with E-state index in [1.807, 2.05) is 88.4 Å². The summed E-state index contributed by atoms with van der Waals surface area (Å²) in [4.78, 5) is 29.3. The van der Waals surface area contributed by atoms with Crippen LogP contribution in [0.25, 0.3) is 21.8 Å². The van der Waals surface area contributed by atoms with Crippen LogP contribution in [-0.4, -0.2) is 52.9 Å². The smallest absolute Gasteiger partial charge is 0.193 e. The number of aromatic nitrogens is 1. The molecule has 2 heterocycles. The van der Waals surface area contributed by atoms with Crippen molar-refractivity contribution in [2.24, 2.45) is 0 Å². The van der Waals surface area contributed by atoms with Crippen LogP contribution in [0.15, 0.2) is 72.8 Å². The Kier molecular flexibility index (Phi) is 6.84. The molecule has 0 saturated carbocycles. The molecule has 0 fully saturated rings. The monoisotopic (exact) mass is 494 g/mol. The van der Waals surface area contributed by atoms with Crippen molar-refractivity contribution in [2.45, 2.75) is 39.8 Å². The molecule has 5 nitrogen and oxygen atoms in total. The molecule has 190 valence electrons. The number of hydrogen-bond acceptors (Lipinski definition) is 4. The van der Waals surface area contributed by atoms with Gasteiger partial charge in [0.05, 0.1) is 12.1 Å². The first kappa shape index (κ1) is 25.1. The summed E-state index contributed by atoms with van der Waals surface area (Å²) in [7, 11) is 0. The number of carbonyl (C=O) groups excluding carboxylic acids is 2. The number of hydrogen-bond donors (Lipinski definition) is 0. The molecule has 0 aliphatic carbocycles. The van der Waals surface area contributed by atoms with Crippen molar-refractivity contribution in [1.82, 2.24) is 9.47 Å². The van der Waals surface area contributed by atoms with Crippen LogP contribution >= 0.6 is 0 Å². The number of fused-ring (bicyclic) bond motifs is 3. The summed E-state index contributed by atoms with van der Waals surface area (Å²) in [5, 5.41) is 1.95. The molecule has 0 bridgehead atoms. The predicted octanol–water partition coefficient (Wildman–Crippen LogP) is 6.20. The van der Waals surface area contributed by atoms with E-state index in [-0.39, 0.29) is 11.6 Å². The van der Waals surface area contributed by atoms with Gasteiger partial charge in [0.2, 0.25) is 0 Å². The van der Waals surface area contributed by atoms with Gasteiger partial charge in [-0.05, 0) is 69.7 Å². The summed E-state index contributed by atoms with van der Waals surface area (Å²) in [6, 6.07) is 19.6. The molecule has 0 atom stereocenters. The number of nitrogens with zero attached hydrogens (tertiary/aromatic N) is 2. The Bertz CT molecular complexity index is 1520. The van der Waals surface area contributed by atoms with Crippen molar-refractivity contribution < 1.29 is 14.3 Å². The highest BCUT2D eigenvalue weighted by atomic mass is 16.5. The molecule has 5 rings (SSSR count). The maximum atomic E-state index is 13.7. The van der Waals surface area contributed by atoms with Crippen LogP contribution in [0.4, 0.5) is 0 Å². The summed E-state index contributed by atoms with van der Waals surface area (Å²) in [5.74, 6) is 0.102. The highest BCUT2D eigenvalue weighted by Crippen LogP contribution is 2.33. The lowest BCUT2D eigenvalue weighted by atomic mass is 9.90. The van der Waals surface area contributed by atoms with E-state index in [1.54, 1.807) is 0 Å². The molecule has 1 aliphatic rings. The standard InChI is InChI=1S/C32H34N2O3/c1-5-37-19-18-34-28-14-12-23(30(35)25-11-7-6-10-22(25)2)20-26(28)27-21-24(13-15-29(27)34)31(36)32(3,4)33-16-8-9-17-33/h6-15,20-21H,5,16-19H2,1-4H3. The highest BCUT2D eigenvalue weighted by molar-refractivity contribution is 6.16. The number of aryl methyl sites for hydroxylation is 1. The molecule has 5 heteroatoms. The van der Waals surface area contributed by atoms with E-state index in [4.69, 9.17) is 4.74 Å². The Hall–Kier alpha value is -3.54. The topological polar surface area (TPSA) is 51.5 Å². The Labute approximate surface area is 218 Å². The lowest BCUT2D eigenvalue weighted by Gasteiger charge is -2.33. The Morgan fingerprint density at radius 2 is 1.51 bits per heavy atom. The van der Waals surface area contributed by atoms with E-state index >= 15 is 0 Å². The van der Waals surface area contributed by atoms with E-state index in [9.17, 15) is 9.59 Å². The lowest BCUT2D eigenvalue weighted by Crippen LogP contribution is -2.48. The quantitative estimate of drug-likeness (QED) is 0.158. The lowest BCUT2D eigenvalue weighted by molar-refractivity contribution is 0.0714. The molecule has 0 N–H and O–H groups in total. The van der Waals surface area contributed by atoms with Gasteiger partial charge < -0.3 is 9.30 Å². The first-order chi connectivity index (χ1) is 17.8. The molecule has 0 spiro atoms. The average molecular weight is 495 g/mol. The number of rotatable bonds is 9. The van der Waals surface area contributed by atoms with Crippen molar-refractivity contribution in [1.29, 1.82) is 0 Å². The number of carbonyl (C=O) groups is 2. The molecular formula is C32H34N2O3. The number of Topliss-reactive ketones (excluding diaryl/α,β-unsaturated/α-hetero) is 1. The fourth-order valence-electron chi connectivity index (χ4n) is 5.34. The third kappa shape index (κ3) is 4.54. The van der Waals surface area contributed by atoms with Gasteiger partial charge in [-0.3, -0.25) is 14.5 Å². The molecule has 1 aliphatic heterocycles. The van der Waals surface area contributed by atoms with Gasteiger partial charge >= 0.3 is 0 Å². The van der Waals surface area contributed by atoms with Gasteiger partial charge in [-0.2, -0.15) is 0 Å². The van der Waals surface area contributed by atoms with Gasteiger partial charge in [0.25, 0.3) is 0 Å². The fraction of sp³-hybridized carbons (Fsp3) is 0.312. The molecular weight excluding hydrogens is 460 g/mol. The Balaban J connectivity index is 1.63.